The molecule has 0 heterocycles. The summed E-state index contributed by atoms with van der Waals surface area (Å²) in [5.41, 5.74) is 0.932. The summed E-state index contributed by atoms with van der Waals surface area (Å²) in [6, 6.07) is 7.48. The van der Waals surface area contributed by atoms with E-state index in [0.29, 0.717) is 25.5 Å². The highest BCUT2D eigenvalue weighted by atomic mass is 16.5. The topological polar surface area (TPSA) is 64.6 Å². The number of carbonyl (C=O) groups excluding carboxylic acids is 2. The summed E-state index contributed by atoms with van der Waals surface area (Å²) in [5.74, 6) is -0.146. The van der Waals surface area contributed by atoms with Crippen LogP contribution in [-0.4, -0.2) is 25.6 Å². The molecule has 5 heteroatoms. The monoisotopic (exact) mass is 305 g/mol. The molecule has 1 atom stereocenters. The molecule has 120 valence electrons. The minimum Gasteiger partial charge on any atom is -0.497 e. The van der Waals surface area contributed by atoms with Crippen molar-refractivity contribution in [2.75, 3.05) is 13.7 Å². The molecule has 2 rings (SSSR count). The first-order chi connectivity index (χ1) is 10.6. The minimum absolute atomic E-state index is 0.256. The zero-order valence-electron chi connectivity index (χ0n) is 13.1. The number of nitrogens with one attached hydrogen (secondary N) is 1. The van der Waals surface area contributed by atoms with E-state index < -0.39 is 11.9 Å². The second-order valence-electron chi connectivity index (χ2n) is 5.55. The third kappa shape index (κ3) is 4.76. The van der Waals surface area contributed by atoms with Crippen LogP contribution in [0.2, 0.25) is 0 Å². The molecule has 0 aliphatic heterocycles. The molecule has 22 heavy (non-hydrogen) atoms. The molecule has 0 aromatic heterocycles. The zero-order valence-corrected chi connectivity index (χ0v) is 13.1. The Bertz CT molecular complexity index is 525. The number of carbonyl (C=O) groups is 2. The first-order valence-corrected chi connectivity index (χ1v) is 7.71. The fraction of sp³-hybridized carbons (Fsp3) is 0.529. The maximum absolute atomic E-state index is 12.3. The van der Waals surface area contributed by atoms with Crippen molar-refractivity contribution in [2.45, 2.75) is 32.7 Å². The van der Waals surface area contributed by atoms with E-state index in [2.05, 4.69) is 5.32 Å². The number of hydrogen-bond donors (Lipinski definition) is 1. The highest BCUT2D eigenvalue weighted by molar-refractivity contribution is 5.97. The summed E-state index contributed by atoms with van der Waals surface area (Å²) in [6.07, 6.45) is 2.78. The lowest BCUT2D eigenvalue weighted by Gasteiger charge is -2.15. The number of hydrogen-bond acceptors (Lipinski definition) is 4. The van der Waals surface area contributed by atoms with Gasteiger partial charge in [-0.2, -0.15) is 0 Å². The molecule has 1 aromatic rings. The summed E-state index contributed by atoms with van der Waals surface area (Å²) in [5, 5.41) is 2.83. The van der Waals surface area contributed by atoms with Crippen LogP contribution in [0.25, 0.3) is 0 Å². The van der Waals surface area contributed by atoms with Crippen molar-refractivity contribution >= 4 is 11.9 Å². The van der Waals surface area contributed by atoms with Gasteiger partial charge in [-0.25, -0.2) is 0 Å². The van der Waals surface area contributed by atoms with Gasteiger partial charge >= 0.3 is 5.97 Å². The Balaban J connectivity index is 1.92. The SMILES string of the molecule is CCOC(=O)C(CC1CC1)C(=O)NCc1cccc(OC)c1. The van der Waals surface area contributed by atoms with Crippen LogP contribution in [0.1, 0.15) is 31.7 Å². The average molecular weight is 305 g/mol. The van der Waals surface area contributed by atoms with Gasteiger partial charge in [0.15, 0.2) is 0 Å². The van der Waals surface area contributed by atoms with Gasteiger partial charge in [-0.1, -0.05) is 25.0 Å². The Morgan fingerprint density at radius 3 is 2.77 bits per heavy atom. The van der Waals surface area contributed by atoms with Crippen molar-refractivity contribution in [3.63, 3.8) is 0 Å². The van der Waals surface area contributed by atoms with Crippen molar-refractivity contribution < 1.29 is 19.1 Å². The average Bonchev–Trinajstić information content (AvgIpc) is 3.35. The van der Waals surface area contributed by atoms with Gasteiger partial charge in [0.25, 0.3) is 0 Å². The van der Waals surface area contributed by atoms with Crippen molar-refractivity contribution in [3.05, 3.63) is 29.8 Å². The van der Waals surface area contributed by atoms with E-state index in [1.165, 1.54) is 0 Å². The molecule has 1 aliphatic carbocycles. The Hall–Kier alpha value is -2.04. The predicted molar refractivity (Wildman–Crippen MR) is 82.3 cm³/mol. The van der Waals surface area contributed by atoms with Gasteiger partial charge in [0.2, 0.25) is 5.91 Å². The maximum Gasteiger partial charge on any atom is 0.318 e. The second-order valence-corrected chi connectivity index (χ2v) is 5.55. The number of rotatable bonds is 8. The minimum atomic E-state index is -0.696. The van der Waals surface area contributed by atoms with E-state index in [9.17, 15) is 9.59 Å². The van der Waals surface area contributed by atoms with E-state index >= 15 is 0 Å². The Labute approximate surface area is 131 Å². The smallest absolute Gasteiger partial charge is 0.318 e. The third-order valence-electron chi connectivity index (χ3n) is 3.75. The van der Waals surface area contributed by atoms with Crippen molar-refractivity contribution in [3.8, 4) is 5.75 Å². The first kappa shape index (κ1) is 16.3. The Morgan fingerprint density at radius 2 is 2.14 bits per heavy atom. The standard InChI is InChI=1S/C17H23NO4/c1-3-22-17(20)15(10-12-7-8-12)16(19)18-11-13-5-4-6-14(9-13)21-2/h4-6,9,12,15H,3,7-8,10-11H2,1-2H3,(H,18,19). The molecule has 0 spiro atoms. The van der Waals surface area contributed by atoms with Crippen LogP contribution in [0, 0.1) is 11.8 Å². The number of ether oxygens (including phenoxy) is 2. The van der Waals surface area contributed by atoms with E-state index in [1.807, 2.05) is 24.3 Å². The highest BCUT2D eigenvalue weighted by Crippen LogP contribution is 2.35. The molecule has 1 unspecified atom stereocenters. The summed E-state index contributed by atoms with van der Waals surface area (Å²) < 4.78 is 10.2. The van der Waals surface area contributed by atoms with Crippen LogP contribution < -0.4 is 10.1 Å². The van der Waals surface area contributed by atoms with Crippen LogP contribution in [-0.2, 0) is 20.9 Å². The lowest BCUT2D eigenvalue weighted by atomic mass is 10.0. The quantitative estimate of drug-likeness (QED) is 0.591. The normalized spacial score (nSPS) is 15.0. The lowest BCUT2D eigenvalue weighted by Crippen LogP contribution is -2.36. The van der Waals surface area contributed by atoms with E-state index in [-0.39, 0.29) is 5.91 Å². The molecule has 1 N–H and O–H groups in total. The van der Waals surface area contributed by atoms with Crippen LogP contribution >= 0.6 is 0 Å². The lowest BCUT2D eigenvalue weighted by molar-refractivity contribution is -0.152. The molecule has 1 aliphatic rings. The number of benzene rings is 1. The Morgan fingerprint density at radius 1 is 1.36 bits per heavy atom. The molecule has 1 fully saturated rings. The van der Waals surface area contributed by atoms with Gasteiger partial charge in [0.05, 0.1) is 13.7 Å². The molecule has 0 saturated heterocycles. The van der Waals surface area contributed by atoms with Gasteiger partial charge in [-0.15, -0.1) is 0 Å². The molecular formula is C17H23NO4. The van der Waals surface area contributed by atoms with Crippen LogP contribution in [0.15, 0.2) is 24.3 Å². The van der Waals surface area contributed by atoms with E-state index in [1.54, 1.807) is 14.0 Å². The zero-order chi connectivity index (χ0) is 15.9. The fourth-order valence-electron chi connectivity index (χ4n) is 2.33. The van der Waals surface area contributed by atoms with Crippen LogP contribution in [0.3, 0.4) is 0 Å². The van der Waals surface area contributed by atoms with Crippen molar-refractivity contribution in [1.29, 1.82) is 0 Å². The predicted octanol–water partition coefficient (Wildman–Crippen LogP) is 2.29. The molecule has 0 bridgehead atoms. The second kappa shape index (κ2) is 7.82. The summed E-state index contributed by atoms with van der Waals surface area (Å²) in [7, 11) is 1.60. The molecule has 1 saturated carbocycles. The van der Waals surface area contributed by atoms with Crippen LogP contribution in [0.4, 0.5) is 0 Å². The van der Waals surface area contributed by atoms with Gasteiger partial charge in [-0.3, -0.25) is 9.59 Å². The first-order valence-electron chi connectivity index (χ1n) is 7.71. The van der Waals surface area contributed by atoms with E-state index in [0.717, 1.165) is 24.2 Å². The molecule has 5 nitrogen and oxygen atoms in total. The number of esters is 1. The highest BCUT2D eigenvalue weighted by Gasteiger charge is 2.34. The summed E-state index contributed by atoms with van der Waals surface area (Å²) >= 11 is 0. The number of amides is 1. The largest absolute Gasteiger partial charge is 0.497 e. The summed E-state index contributed by atoms with van der Waals surface area (Å²) in [6.45, 7) is 2.42. The van der Waals surface area contributed by atoms with Gasteiger partial charge in [0.1, 0.15) is 11.7 Å². The maximum atomic E-state index is 12.3. The van der Waals surface area contributed by atoms with Gasteiger partial charge in [0, 0.05) is 6.54 Å². The Kier molecular flexibility index (Phi) is 5.81. The van der Waals surface area contributed by atoms with Crippen LogP contribution in [0.5, 0.6) is 5.75 Å². The van der Waals surface area contributed by atoms with Crippen molar-refractivity contribution in [2.24, 2.45) is 11.8 Å². The molecule has 0 radical (unpaired) electrons. The van der Waals surface area contributed by atoms with Crippen molar-refractivity contribution in [1.82, 2.24) is 5.32 Å². The van der Waals surface area contributed by atoms with Gasteiger partial charge in [-0.05, 0) is 37.0 Å². The molecule has 1 amide bonds. The third-order valence-corrected chi connectivity index (χ3v) is 3.75. The summed E-state index contributed by atoms with van der Waals surface area (Å²) in [4.78, 5) is 24.3. The number of methoxy groups -OCH3 is 1. The molecule has 1 aromatic carbocycles. The van der Waals surface area contributed by atoms with Gasteiger partial charge < -0.3 is 14.8 Å². The fourth-order valence-corrected chi connectivity index (χ4v) is 2.33. The van der Waals surface area contributed by atoms with E-state index in [4.69, 9.17) is 9.47 Å². The molecular weight excluding hydrogens is 282 g/mol.